The van der Waals surface area contributed by atoms with Crippen LogP contribution in [0, 0.1) is 24.7 Å². The van der Waals surface area contributed by atoms with E-state index in [1.54, 1.807) is 5.57 Å². The van der Waals surface area contributed by atoms with E-state index >= 15 is 0 Å². The molecular formula is C29H46N2O. The van der Waals surface area contributed by atoms with E-state index < -0.39 is 0 Å². The molecule has 32 heavy (non-hydrogen) atoms. The number of aliphatic hydroxyl groups excluding tert-OH is 1. The van der Waals surface area contributed by atoms with Gasteiger partial charge in [-0.1, -0.05) is 53.6 Å². The molecule has 1 aromatic carbocycles. The Hall–Kier alpha value is -1.42. The molecule has 1 fully saturated rings. The first kappa shape index (κ1) is 25.2. The number of allylic oxidation sites excluding steroid dienone is 2. The van der Waals surface area contributed by atoms with Gasteiger partial charge in [-0.15, -0.1) is 0 Å². The van der Waals surface area contributed by atoms with Crippen LogP contribution in [0.25, 0.3) is 0 Å². The highest BCUT2D eigenvalue weighted by Crippen LogP contribution is 2.47. The topological polar surface area (TPSA) is 35.5 Å². The average molecular weight is 439 g/mol. The zero-order valence-corrected chi connectivity index (χ0v) is 21.1. The lowest BCUT2D eigenvalue weighted by molar-refractivity contribution is 0.141. The summed E-state index contributed by atoms with van der Waals surface area (Å²) >= 11 is 0. The van der Waals surface area contributed by atoms with Crippen LogP contribution >= 0.6 is 0 Å². The molecule has 3 heteroatoms. The second-order valence-corrected chi connectivity index (χ2v) is 10.6. The standard InChI is InChI=1S/C29H46N2O/c1-21(2)31(22(3)4)15-9-14-30-20-25-17-26-19-29(32)27(28(26)18-25)13-7-6-11-24-12-8-10-23(5)16-24/h7-8,10,12-13,16-17,21-22,26-30,32H,6,9,11,14-15,18-20H2,1-5H3/b13-7+/t26-,27+,28-,29+/m0/s1. The van der Waals surface area contributed by atoms with Crippen molar-refractivity contribution < 1.29 is 5.11 Å². The third kappa shape index (κ3) is 7.04. The van der Waals surface area contributed by atoms with Crippen LogP contribution in [0.3, 0.4) is 0 Å². The van der Waals surface area contributed by atoms with E-state index in [9.17, 15) is 5.11 Å². The molecule has 3 nitrogen and oxygen atoms in total. The molecule has 0 aliphatic heterocycles. The van der Waals surface area contributed by atoms with Gasteiger partial charge in [-0.2, -0.15) is 0 Å². The van der Waals surface area contributed by atoms with Crippen LogP contribution < -0.4 is 5.32 Å². The third-order valence-corrected chi connectivity index (χ3v) is 7.44. The predicted octanol–water partition coefficient (Wildman–Crippen LogP) is 5.53. The molecule has 2 N–H and O–H groups in total. The van der Waals surface area contributed by atoms with Gasteiger partial charge in [0.05, 0.1) is 6.10 Å². The Kier molecular flexibility index (Phi) is 9.58. The first-order chi connectivity index (χ1) is 15.3. The second-order valence-electron chi connectivity index (χ2n) is 10.6. The van der Waals surface area contributed by atoms with Crippen molar-refractivity contribution in [2.24, 2.45) is 17.8 Å². The maximum Gasteiger partial charge on any atom is 0.0611 e. The van der Waals surface area contributed by atoms with Crippen molar-refractivity contribution in [1.29, 1.82) is 0 Å². The first-order valence-electron chi connectivity index (χ1n) is 12.9. The van der Waals surface area contributed by atoms with Crippen LogP contribution in [-0.4, -0.2) is 47.8 Å². The van der Waals surface area contributed by atoms with Crippen molar-refractivity contribution >= 4 is 0 Å². The van der Waals surface area contributed by atoms with E-state index in [2.05, 4.69) is 87.3 Å². The smallest absolute Gasteiger partial charge is 0.0611 e. The average Bonchev–Trinajstić information content (AvgIpc) is 3.24. The Morgan fingerprint density at radius 3 is 2.69 bits per heavy atom. The van der Waals surface area contributed by atoms with E-state index in [1.165, 1.54) is 17.5 Å². The molecule has 3 rings (SSSR count). The van der Waals surface area contributed by atoms with Crippen LogP contribution in [0.15, 0.2) is 48.1 Å². The van der Waals surface area contributed by atoms with Gasteiger partial charge >= 0.3 is 0 Å². The molecule has 0 spiro atoms. The normalized spacial score (nSPS) is 25.5. The van der Waals surface area contributed by atoms with E-state index in [0.29, 0.717) is 29.8 Å². The monoisotopic (exact) mass is 438 g/mol. The minimum atomic E-state index is -0.177. The SMILES string of the molecule is Cc1cccc(CC/C=C/[C@@H]2[C@H]3CC(CNCCCN(C(C)C)C(C)C)=C[C@H]3C[C@H]2O)c1. The van der Waals surface area contributed by atoms with Gasteiger partial charge in [0.2, 0.25) is 0 Å². The molecule has 1 saturated carbocycles. The van der Waals surface area contributed by atoms with Crippen molar-refractivity contribution in [1.82, 2.24) is 10.2 Å². The lowest BCUT2D eigenvalue weighted by Crippen LogP contribution is -2.38. The number of benzene rings is 1. The van der Waals surface area contributed by atoms with E-state index in [-0.39, 0.29) is 6.10 Å². The molecule has 0 aromatic heterocycles. The minimum absolute atomic E-state index is 0.177. The van der Waals surface area contributed by atoms with Gasteiger partial charge in [-0.25, -0.2) is 0 Å². The van der Waals surface area contributed by atoms with Crippen LogP contribution in [0.1, 0.15) is 64.5 Å². The number of hydrogen-bond donors (Lipinski definition) is 2. The Balaban J connectivity index is 1.39. The van der Waals surface area contributed by atoms with Crippen LogP contribution in [0.5, 0.6) is 0 Å². The van der Waals surface area contributed by atoms with Crippen molar-refractivity contribution in [2.45, 2.75) is 84.9 Å². The zero-order chi connectivity index (χ0) is 23.1. The van der Waals surface area contributed by atoms with Gasteiger partial charge in [0.1, 0.15) is 0 Å². The number of rotatable bonds is 12. The fourth-order valence-corrected chi connectivity index (χ4v) is 5.86. The van der Waals surface area contributed by atoms with Gasteiger partial charge in [0.25, 0.3) is 0 Å². The highest BCUT2D eigenvalue weighted by Gasteiger charge is 2.43. The molecule has 0 unspecified atom stereocenters. The Bertz CT molecular complexity index is 758. The first-order valence-corrected chi connectivity index (χ1v) is 12.9. The number of nitrogens with zero attached hydrogens (tertiary/aromatic N) is 1. The maximum absolute atomic E-state index is 10.6. The fourth-order valence-electron chi connectivity index (χ4n) is 5.86. The van der Waals surface area contributed by atoms with E-state index in [1.807, 2.05) is 0 Å². The van der Waals surface area contributed by atoms with Crippen molar-refractivity contribution in [3.8, 4) is 0 Å². The van der Waals surface area contributed by atoms with Gasteiger partial charge in [-0.3, -0.25) is 4.90 Å². The van der Waals surface area contributed by atoms with Crippen LogP contribution in [-0.2, 0) is 6.42 Å². The molecule has 0 saturated heterocycles. The summed E-state index contributed by atoms with van der Waals surface area (Å²) in [6.45, 7) is 14.6. The number of nitrogens with one attached hydrogen (secondary N) is 1. The maximum atomic E-state index is 10.6. The summed E-state index contributed by atoms with van der Waals surface area (Å²) in [7, 11) is 0. The fraction of sp³-hybridized carbons (Fsp3) is 0.655. The number of aryl methyl sites for hydroxylation is 2. The van der Waals surface area contributed by atoms with Crippen LogP contribution in [0.4, 0.5) is 0 Å². The zero-order valence-electron chi connectivity index (χ0n) is 21.1. The molecule has 0 amide bonds. The summed E-state index contributed by atoms with van der Waals surface area (Å²) in [5.74, 6) is 1.47. The van der Waals surface area contributed by atoms with Crippen molar-refractivity contribution in [3.63, 3.8) is 0 Å². The third-order valence-electron chi connectivity index (χ3n) is 7.44. The molecule has 0 radical (unpaired) electrons. The summed E-state index contributed by atoms with van der Waals surface area (Å²) in [6, 6.07) is 10.0. The van der Waals surface area contributed by atoms with Gasteiger partial charge in [0.15, 0.2) is 0 Å². The summed E-state index contributed by atoms with van der Waals surface area (Å²) in [6.07, 6.45) is 12.3. The lowest BCUT2D eigenvalue weighted by atomic mass is 9.89. The molecule has 2 aliphatic carbocycles. The van der Waals surface area contributed by atoms with Crippen molar-refractivity contribution in [2.75, 3.05) is 19.6 Å². The Morgan fingerprint density at radius 2 is 1.97 bits per heavy atom. The minimum Gasteiger partial charge on any atom is -0.392 e. The highest BCUT2D eigenvalue weighted by molar-refractivity contribution is 5.23. The molecule has 0 heterocycles. The summed E-state index contributed by atoms with van der Waals surface area (Å²) in [5, 5.41) is 14.3. The lowest BCUT2D eigenvalue weighted by Gasteiger charge is -2.30. The largest absolute Gasteiger partial charge is 0.392 e. The summed E-state index contributed by atoms with van der Waals surface area (Å²) in [5.41, 5.74) is 4.28. The van der Waals surface area contributed by atoms with Crippen LogP contribution in [0.2, 0.25) is 0 Å². The Labute approximate surface area is 197 Å². The van der Waals surface area contributed by atoms with E-state index in [0.717, 1.165) is 45.3 Å². The Morgan fingerprint density at radius 1 is 1.19 bits per heavy atom. The summed E-state index contributed by atoms with van der Waals surface area (Å²) < 4.78 is 0. The molecule has 4 atom stereocenters. The van der Waals surface area contributed by atoms with Crippen molar-refractivity contribution in [3.05, 3.63) is 59.2 Å². The highest BCUT2D eigenvalue weighted by atomic mass is 16.3. The number of hydrogen-bond acceptors (Lipinski definition) is 3. The van der Waals surface area contributed by atoms with E-state index in [4.69, 9.17) is 0 Å². The van der Waals surface area contributed by atoms with Gasteiger partial charge in [0, 0.05) is 24.5 Å². The molecule has 0 bridgehead atoms. The quantitative estimate of drug-likeness (QED) is 0.333. The number of aliphatic hydroxyl groups is 1. The van der Waals surface area contributed by atoms with Gasteiger partial charge in [-0.05, 0) is 97.2 Å². The van der Waals surface area contributed by atoms with Gasteiger partial charge < -0.3 is 10.4 Å². The number of fused-ring (bicyclic) bond motifs is 1. The summed E-state index contributed by atoms with van der Waals surface area (Å²) in [4.78, 5) is 2.57. The molecule has 2 aliphatic rings. The molecule has 178 valence electrons. The second kappa shape index (κ2) is 12.2. The predicted molar refractivity (Wildman–Crippen MR) is 137 cm³/mol. The molecule has 1 aromatic rings. The molecular weight excluding hydrogens is 392 g/mol.